The van der Waals surface area contributed by atoms with Crippen LogP contribution in [0.5, 0.6) is 11.6 Å². The van der Waals surface area contributed by atoms with E-state index in [1.165, 1.54) is 0 Å². The van der Waals surface area contributed by atoms with Crippen LogP contribution in [0, 0.1) is 6.92 Å². The van der Waals surface area contributed by atoms with E-state index >= 15 is 0 Å². The van der Waals surface area contributed by atoms with Crippen molar-refractivity contribution >= 4 is 11.6 Å². The fourth-order valence-corrected chi connectivity index (χ4v) is 1.22. The maximum Gasteiger partial charge on any atom is 0.219 e. The number of benzene rings is 1. The summed E-state index contributed by atoms with van der Waals surface area (Å²) in [4.78, 5) is 4.08. The van der Waals surface area contributed by atoms with Gasteiger partial charge in [0.2, 0.25) is 5.88 Å². The van der Waals surface area contributed by atoms with E-state index in [4.69, 9.17) is 16.3 Å². The Morgan fingerprint density at radius 2 is 1.80 bits per heavy atom. The van der Waals surface area contributed by atoms with Gasteiger partial charge in [0.25, 0.3) is 0 Å². The Labute approximate surface area is 93.5 Å². The number of aromatic nitrogens is 1. The Morgan fingerprint density at radius 1 is 1.07 bits per heavy atom. The number of ether oxygens (including phenoxy) is 1. The third-order valence-corrected chi connectivity index (χ3v) is 2.09. The molecule has 75 valence electrons. The Kier molecular flexibility index (Phi) is 2.88. The van der Waals surface area contributed by atoms with Gasteiger partial charge in [0, 0.05) is 17.3 Å². The van der Waals surface area contributed by atoms with Crippen molar-refractivity contribution < 1.29 is 4.74 Å². The lowest BCUT2D eigenvalue weighted by atomic mass is 10.3. The third-order valence-electron chi connectivity index (χ3n) is 1.83. The van der Waals surface area contributed by atoms with E-state index < -0.39 is 0 Å². The maximum atomic E-state index is 5.76. The van der Waals surface area contributed by atoms with E-state index in [1.54, 1.807) is 36.5 Å². The van der Waals surface area contributed by atoms with E-state index in [2.05, 4.69) is 11.9 Å². The van der Waals surface area contributed by atoms with Crippen molar-refractivity contribution in [2.24, 2.45) is 0 Å². The summed E-state index contributed by atoms with van der Waals surface area (Å²) in [5, 5.41) is 0.684. The van der Waals surface area contributed by atoms with E-state index in [-0.39, 0.29) is 0 Å². The topological polar surface area (TPSA) is 22.1 Å². The van der Waals surface area contributed by atoms with Crippen LogP contribution >= 0.6 is 11.6 Å². The molecule has 0 atom stereocenters. The Hall–Kier alpha value is -1.54. The average molecular weight is 219 g/mol. The molecular weight excluding hydrogens is 210 g/mol. The van der Waals surface area contributed by atoms with Crippen LogP contribution in [0.4, 0.5) is 0 Å². The molecule has 0 unspecified atom stereocenters. The van der Waals surface area contributed by atoms with Crippen LogP contribution in [0.25, 0.3) is 0 Å². The molecule has 0 fully saturated rings. The van der Waals surface area contributed by atoms with Gasteiger partial charge in [0.05, 0.1) is 0 Å². The van der Waals surface area contributed by atoms with Crippen LogP contribution in [-0.4, -0.2) is 4.98 Å². The van der Waals surface area contributed by atoms with Crippen molar-refractivity contribution in [1.82, 2.24) is 4.98 Å². The summed E-state index contributed by atoms with van der Waals surface area (Å²) < 4.78 is 5.49. The van der Waals surface area contributed by atoms with Gasteiger partial charge in [-0.25, -0.2) is 4.98 Å². The number of hydrogen-bond donors (Lipinski definition) is 0. The van der Waals surface area contributed by atoms with Crippen LogP contribution in [0.1, 0.15) is 5.56 Å². The Bertz CT molecular complexity index is 393. The number of hydrogen-bond acceptors (Lipinski definition) is 2. The van der Waals surface area contributed by atoms with Gasteiger partial charge in [-0.3, -0.25) is 0 Å². The molecule has 3 heteroatoms. The first kappa shape index (κ1) is 9.99. The molecule has 0 bridgehead atoms. The van der Waals surface area contributed by atoms with Crippen molar-refractivity contribution in [2.45, 2.75) is 0 Å². The van der Waals surface area contributed by atoms with Crippen molar-refractivity contribution in [1.29, 1.82) is 0 Å². The summed E-state index contributed by atoms with van der Waals surface area (Å²) >= 11 is 5.76. The summed E-state index contributed by atoms with van der Waals surface area (Å²) in [7, 11) is 0. The highest BCUT2D eigenvalue weighted by molar-refractivity contribution is 6.30. The van der Waals surface area contributed by atoms with Crippen LogP contribution < -0.4 is 4.74 Å². The molecule has 1 aromatic heterocycles. The highest BCUT2D eigenvalue weighted by Crippen LogP contribution is 2.21. The van der Waals surface area contributed by atoms with Gasteiger partial charge in [-0.2, -0.15) is 0 Å². The summed E-state index contributed by atoms with van der Waals surface area (Å²) in [6.45, 7) is 3.74. The molecule has 1 radical (unpaired) electrons. The Balaban J connectivity index is 2.15. The number of halogens is 1. The molecule has 15 heavy (non-hydrogen) atoms. The SMILES string of the molecule is [CH2]c1ccc(Oc2ccc(Cl)cc2)nc1. The third kappa shape index (κ3) is 2.70. The fourth-order valence-electron chi connectivity index (χ4n) is 1.09. The molecule has 0 aliphatic carbocycles. The summed E-state index contributed by atoms with van der Waals surface area (Å²) in [6.07, 6.45) is 1.66. The monoisotopic (exact) mass is 218 g/mol. The number of rotatable bonds is 2. The highest BCUT2D eigenvalue weighted by atomic mass is 35.5. The first-order valence-corrected chi connectivity index (χ1v) is 4.83. The number of nitrogens with zero attached hydrogens (tertiary/aromatic N) is 1. The molecule has 2 rings (SSSR count). The van der Waals surface area contributed by atoms with Crippen LogP contribution in [-0.2, 0) is 0 Å². The second-order valence-electron chi connectivity index (χ2n) is 3.06. The molecule has 0 aliphatic heterocycles. The van der Waals surface area contributed by atoms with Crippen molar-refractivity contribution in [3.63, 3.8) is 0 Å². The minimum atomic E-state index is 0.546. The predicted octanol–water partition coefficient (Wildman–Crippen LogP) is 3.71. The Morgan fingerprint density at radius 3 is 2.40 bits per heavy atom. The molecule has 0 aliphatic rings. The zero-order valence-electron chi connectivity index (χ0n) is 7.98. The standard InChI is InChI=1S/C12H9ClNO/c1-9-2-7-12(14-8-9)15-11-5-3-10(13)4-6-11/h2-8H,1H2. The van der Waals surface area contributed by atoms with Gasteiger partial charge in [0.1, 0.15) is 5.75 Å². The summed E-state index contributed by atoms with van der Waals surface area (Å²) in [5.74, 6) is 1.26. The van der Waals surface area contributed by atoms with Gasteiger partial charge in [-0.05, 0) is 36.8 Å². The van der Waals surface area contributed by atoms with Crippen molar-refractivity contribution in [2.75, 3.05) is 0 Å². The van der Waals surface area contributed by atoms with Crippen molar-refractivity contribution in [3.05, 3.63) is 60.1 Å². The molecule has 0 spiro atoms. The number of pyridine rings is 1. The molecule has 0 saturated carbocycles. The lowest BCUT2D eigenvalue weighted by Gasteiger charge is -2.04. The van der Waals surface area contributed by atoms with Crippen LogP contribution in [0.2, 0.25) is 5.02 Å². The maximum absolute atomic E-state index is 5.76. The van der Waals surface area contributed by atoms with Gasteiger partial charge >= 0.3 is 0 Å². The molecule has 2 nitrogen and oxygen atoms in total. The molecule has 2 aromatic rings. The molecule has 1 aromatic carbocycles. The largest absolute Gasteiger partial charge is 0.439 e. The summed E-state index contributed by atoms with van der Waals surface area (Å²) in [5.41, 5.74) is 0.860. The predicted molar refractivity (Wildman–Crippen MR) is 60.2 cm³/mol. The first-order valence-electron chi connectivity index (χ1n) is 4.45. The first-order chi connectivity index (χ1) is 7.24. The minimum absolute atomic E-state index is 0.546. The second-order valence-corrected chi connectivity index (χ2v) is 3.50. The van der Waals surface area contributed by atoms with Gasteiger partial charge in [-0.15, -0.1) is 0 Å². The highest BCUT2D eigenvalue weighted by Gasteiger charge is 1.97. The zero-order valence-corrected chi connectivity index (χ0v) is 8.74. The molecule has 0 N–H and O–H groups in total. The molecule has 0 amide bonds. The smallest absolute Gasteiger partial charge is 0.219 e. The zero-order chi connectivity index (χ0) is 10.7. The normalized spacial score (nSPS) is 10.0. The van der Waals surface area contributed by atoms with Crippen molar-refractivity contribution in [3.8, 4) is 11.6 Å². The second kappa shape index (κ2) is 4.32. The molecule has 1 heterocycles. The van der Waals surface area contributed by atoms with Crippen LogP contribution in [0.3, 0.4) is 0 Å². The minimum Gasteiger partial charge on any atom is -0.439 e. The van der Waals surface area contributed by atoms with E-state index in [1.807, 2.05) is 6.07 Å². The van der Waals surface area contributed by atoms with E-state index in [9.17, 15) is 0 Å². The quantitative estimate of drug-likeness (QED) is 0.767. The lowest BCUT2D eigenvalue weighted by molar-refractivity contribution is 0.463. The fraction of sp³-hybridized carbons (Fsp3) is 0. The van der Waals surface area contributed by atoms with Gasteiger partial charge in [-0.1, -0.05) is 17.7 Å². The van der Waals surface area contributed by atoms with Crippen LogP contribution in [0.15, 0.2) is 42.6 Å². The molecular formula is C12H9ClNO. The summed E-state index contributed by atoms with van der Waals surface area (Å²) in [6, 6.07) is 10.7. The lowest BCUT2D eigenvalue weighted by Crippen LogP contribution is -1.87. The van der Waals surface area contributed by atoms with E-state index in [0.717, 1.165) is 5.56 Å². The van der Waals surface area contributed by atoms with E-state index in [0.29, 0.717) is 16.7 Å². The average Bonchev–Trinajstić information content (AvgIpc) is 2.25. The van der Waals surface area contributed by atoms with Gasteiger partial charge in [0.15, 0.2) is 0 Å². The van der Waals surface area contributed by atoms with Gasteiger partial charge < -0.3 is 4.74 Å². The molecule has 0 saturated heterocycles.